The summed E-state index contributed by atoms with van der Waals surface area (Å²) in [4.78, 5) is 15.2. The van der Waals surface area contributed by atoms with E-state index in [2.05, 4.69) is 35.9 Å². The van der Waals surface area contributed by atoms with Crippen molar-refractivity contribution in [3.05, 3.63) is 41.0 Å². The summed E-state index contributed by atoms with van der Waals surface area (Å²) in [6.45, 7) is 0. The molecule has 0 amide bonds. The lowest BCUT2D eigenvalue weighted by Crippen LogP contribution is -1.83. The zero-order chi connectivity index (χ0) is 11.8. The van der Waals surface area contributed by atoms with Crippen LogP contribution in [0.15, 0.2) is 35.2 Å². The normalized spacial score (nSPS) is 10.9. The predicted molar refractivity (Wildman–Crippen MR) is 64.8 cm³/mol. The Balaban J connectivity index is 2.17. The zero-order valence-electron chi connectivity index (χ0n) is 8.48. The van der Waals surface area contributed by atoms with Gasteiger partial charge in [-0.25, -0.2) is 19.3 Å². The first-order valence-corrected chi connectivity index (χ1v) is 5.64. The van der Waals surface area contributed by atoms with E-state index in [0.29, 0.717) is 21.5 Å². The highest BCUT2D eigenvalue weighted by molar-refractivity contribution is 9.10. The van der Waals surface area contributed by atoms with Gasteiger partial charge in [-0.2, -0.15) is 0 Å². The van der Waals surface area contributed by atoms with E-state index in [9.17, 15) is 4.39 Å². The van der Waals surface area contributed by atoms with Gasteiger partial charge in [-0.1, -0.05) is 0 Å². The number of fused-ring (bicyclic) bond motifs is 1. The summed E-state index contributed by atoms with van der Waals surface area (Å²) in [5.74, 6) is 0.251. The third-order valence-corrected chi connectivity index (χ3v) is 3.00. The lowest BCUT2D eigenvalue weighted by molar-refractivity contribution is 0.621. The van der Waals surface area contributed by atoms with E-state index in [-0.39, 0.29) is 5.82 Å². The van der Waals surface area contributed by atoms with E-state index in [1.165, 1.54) is 12.4 Å². The summed E-state index contributed by atoms with van der Waals surface area (Å²) in [5.41, 5.74) is 1.97. The first-order chi connectivity index (χ1) is 8.24. The van der Waals surface area contributed by atoms with Crippen LogP contribution in [-0.2, 0) is 0 Å². The van der Waals surface area contributed by atoms with Crippen LogP contribution in [0.1, 0.15) is 0 Å². The third kappa shape index (κ3) is 1.80. The van der Waals surface area contributed by atoms with Crippen LogP contribution < -0.4 is 0 Å². The number of aromatic amines is 1. The first-order valence-electron chi connectivity index (χ1n) is 4.85. The maximum Gasteiger partial charge on any atom is 0.181 e. The average molecular weight is 293 g/mol. The molecule has 1 N–H and O–H groups in total. The van der Waals surface area contributed by atoms with Crippen LogP contribution in [0, 0.1) is 5.82 Å². The Bertz CT molecular complexity index is 662. The standard InChI is InChI=1S/C11H6BrFN4/c12-7-2-1-6(3-8(7)13)10-16-9-4-14-5-15-11(9)17-10/h1-5H,(H,14,15,16,17). The van der Waals surface area contributed by atoms with Crippen molar-refractivity contribution in [2.75, 3.05) is 0 Å². The molecule has 0 aliphatic carbocycles. The van der Waals surface area contributed by atoms with Gasteiger partial charge in [-0.15, -0.1) is 0 Å². The van der Waals surface area contributed by atoms with Crippen molar-refractivity contribution in [1.29, 1.82) is 0 Å². The van der Waals surface area contributed by atoms with E-state index in [1.54, 1.807) is 18.3 Å². The van der Waals surface area contributed by atoms with E-state index in [4.69, 9.17) is 0 Å². The molecule has 17 heavy (non-hydrogen) atoms. The second-order valence-electron chi connectivity index (χ2n) is 3.47. The minimum Gasteiger partial charge on any atom is -0.335 e. The smallest absolute Gasteiger partial charge is 0.181 e. The van der Waals surface area contributed by atoms with Gasteiger partial charge in [-0.3, -0.25) is 0 Å². The lowest BCUT2D eigenvalue weighted by Gasteiger charge is -1.98. The van der Waals surface area contributed by atoms with Gasteiger partial charge in [0.2, 0.25) is 0 Å². The molecule has 0 radical (unpaired) electrons. The number of rotatable bonds is 1. The van der Waals surface area contributed by atoms with Crippen LogP contribution >= 0.6 is 15.9 Å². The largest absolute Gasteiger partial charge is 0.335 e. The zero-order valence-corrected chi connectivity index (χ0v) is 10.1. The Labute approximate surface area is 104 Å². The molecule has 0 bridgehead atoms. The average Bonchev–Trinajstić information content (AvgIpc) is 2.76. The van der Waals surface area contributed by atoms with Gasteiger partial charge >= 0.3 is 0 Å². The van der Waals surface area contributed by atoms with Crippen LogP contribution in [0.4, 0.5) is 4.39 Å². The van der Waals surface area contributed by atoms with Crippen molar-refractivity contribution >= 4 is 27.1 Å². The Kier molecular flexibility index (Phi) is 2.36. The third-order valence-electron chi connectivity index (χ3n) is 2.36. The predicted octanol–water partition coefficient (Wildman–Crippen LogP) is 2.92. The second kappa shape index (κ2) is 3.89. The molecule has 2 heterocycles. The van der Waals surface area contributed by atoms with Crippen LogP contribution in [0.3, 0.4) is 0 Å². The summed E-state index contributed by atoms with van der Waals surface area (Å²) < 4.78 is 13.8. The van der Waals surface area contributed by atoms with Gasteiger partial charge in [0.1, 0.15) is 23.5 Å². The van der Waals surface area contributed by atoms with Gasteiger partial charge in [0.05, 0.1) is 10.7 Å². The number of nitrogens with one attached hydrogen (secondary N) is 1. The van der Waals surface area contributed by atoms with E-state index >= 15 is 0 Å². The lowest BCUT2D eigenvalue weighted by atomic mass is 10.2. The first kappa shape index (κ1) is 10.3. The molecule has 4 nitrogen and oxygen atoms in total. The number of aromatic nitrogens is 4. The summed E-state index contributed by atoms with van der Waals surface area (Å²) in [7, 11) is 0. The Hall–Kier alpha value is -1.82. The van der Waals surface area contributed by atoms with Gasteiger partial charge in [-0.05, 0) is 34.1 Å². The Morgan fingerprint density at radius 1 is 1.29 bits per heavy atom. The minimum absolute atomic E-state index is 0.325. The van der Waals surface area contributed by atoms with Crippen molar-refractivity contribution in [1.82, 2.24) is 19.9 Å². The van der Waals surface area contributed by atoms with Crippen LogP contribution in [0.5, 0.6) is 0 Å². The SMILES string of the molecule is Fc1cc(-c2nc3ncncc3[nH]2)ccc1Br. The van der Waals surface area contributed by atoms with Crippen LogP contribution in [0.25, 0.3) is 22.6 Å². The summed E-state index contributed by atoms with van der Waals surface area (Å²) in [6, 6.07) is 4.83. The quantitative estimate of drug-likeness (QED) is 0.750. The molecule has 0 atom stereocenters. The molecule has 0 saturated carbocycles. The van der Waals surface area contributed by atoms with Crippen molar-refractivity contribution in [2.45, 2.75) is 0 Å². The summed E-state index contributed by atoms with van der Waals surface area (Å²) >= 11 is 3.11. The summed E-state index contributed by atoms with van der Waals surface area (Å²) in [5, 5.41) is 0. The van der Waals surface area contributed by atoms with Crippen molar-refractivity contribution in [3.8, 4) is 11.4 Å². The van der Waals surface area contributed by atoms with Crippen LogP contribution in [-0.4, -0.2) is 19.9 Å². The Morgan fingerprint density at radius 2 is 2.18 bits per heavy atom. The fraction of sp³-hybridized carbons (Fsp3) is 0. The Morgan fingerprint density at radius 3 is 2.94 bits per heavy atom. The molecular formula is C11H6BrFN4. The van der Waals surface area contributed by atoms with Gasteiger partial charge in [0, 0.05) is 5.56 Å². The highest BCUT2D eigenvalue weighted by Crippen LogP contribution is 2.23. The number of halogens is 2. The highest BCUT2D eigenvalue weighted by atomic mass is 79.9. The molecular weight excluding hydrogens is 287 g/mol. The van der Waals surface area contributed by atoms with Crippen molar-refractivity contribution in [2.24, 2.45) is 0 Å². The number of hydrogen-bond acceptors (Lipinski definition) is 3. The van der Waals surface area contributed by atoms with Gasteiger partial charge in [0.25, 0.3) is 0 Å². The maximum absolute atomic E-state index is 13.4. The second-order valence-corrected chi connectivity index (χ2v) is 4.33. The molecule has 6 heteroatoms. The molecule has 0 spiro atoms. The number of nitrogens with zero attached hydrogens (tertiary/aromatic N) is 3. The van der Waals surface area contributed by atoms with Gasteiger partial charge < -0.3 is 4.98 Å². The maximum atomic E-state index is 13.4. The van der Waals surface area contributed by atoms with Crippen LogP contribution in [0.2, 0.25) is 0 Å². The topological polar surface area (TPSA) is 54.5 Å². The van der Waals surface area contributed by atoms with E-state index in [1.807, 2.05) is 0 Å². The minimum atomic E-state index is -0.325. The van der Waals surface area contributed by atoms with Gasteiger partial charge in [0.15, 0.2) is 5.65 Å². The molecule has 0 aliphatic heterocycles. The molecule has 0 fully saturated rings. The molecule has 1 aromatic carbocycles. The number of benzene rings is 1. The highest BCUT2D eigenvalue weighted by Gasteiger charge is 2.08. The van der Waals surface area contributed by atoms with E-state index < -0.39 is 0 Å². The fourth-order valence-electron chi connectivity index (χ4n) is 1.54. The molecule has 84 valence electrons. The number of imidazole rings is 1. The molecule has 2 aromatic heterocycles. The number of hydrogen-bond donors (Lipinski definition) is 1. The molecule has 3 rings (SSSR count). The fourth-order valence-corrected chi connectivity index (χ4v) is 1.79. The molecule has 0 aliphatic rings. The molecule has 3 aromatic rings. The monoisotopic (exact) mass is 292 g/mol. The number of H-pyrrole nitrogens is 1. The van der Waals surface area contributed by atoms with Crippen molar-refractivity contribution < 1.29 is 4.39 Å². The van der Waals surface area contributed by atoms with E-state index in [0.717, 1.165) is 5.52 Å². The summed E-state index contributed by atoms with van der Waals surface area (Å²) in [6.07, 6.45) is 3.06. The molecule has 0 unspecified atom stereocenters. The molecule has 0 saturated heterocycles. The van der Waals surface area contributed by atoms with Crippen molar-refractivity contribution in [3.63, 3.8) is 0 Å².